The van der Waals surface area contributed by atoms with Crippen LogP contribution in [0, 0.1) is 6.42 Å². The minimum atomic E-state index is -0.386. The molecule has 1 rings (SSSR count). The lowest BCUT2D eigenvalue weighted by Gasteiger charge is -2.19. The Bertz CT molecular complexity index is 225. The molecule has 0 unspecified atom stereocenters. The molecule has 14 heavy (non-hydrogen) atoms. The van der Waals surface area contributed by atoms with E-state index in [1.165, 1.54) is 12.8 Å². The highest BCUT2D eigenvalue weighted by atomic mass is 16.6. The number of rotatable bonds is 1. The van der Waals surface area contributed by atoms with Gasteiger partial charge in [0.25, 0.3) is 0 Å². The van der Waals surface area contributed by atoms with Crippen molar-refractivity contribution in [3.05, 3.63) is 18.1 Å². The van der Waals surface area contributed by atoms with Gasteiger partial charge in [-0.2, -0.15) is 0 Å². The maximum atomic E-state index is 11.4. The van der Waals surface area contributed by atoms with E-state index in [9.17, 15) is 4.79 Å². The van der Waals surface area contributed by atoms with Crippen molar-refractivity contribution in [1.82, 2.24) is 0 Å². The molecule has 1 saturated carbocycles. The number of allylic oxidation sites excluding steroid dienone is 1. The van der Waals surface area contributed by atoms with E-state index >= 15 is 0 Å². The first-order valence-electron chi connectivity index (χ1n) is 5.24. The van der Waals surface area contributed by atoms with Crippen LogP contribution < -0.4 is 0 Å². The summed E-state index contributed by atoms with van der Waals surface area (Å²) in [6, 6.07) is 0. The van der Waals surface area contributed by atoms with Gasteiger partial charge in [-0.25, -0.2) is 4.79 Å². The van der Waals surface area contributed by atoms with Crippen molar-refractivity contribution in [3.63, 3.8) is 0 Å². The summed E-state index contributed by atoms with van der Waals surface area (Å²) in [5.41, 5.74) is 0.744. The molecule has 79 valence electrons. The van der Waals surface area contributed by atoms with Crippen molar-refractivity contribution < 1.29 is 9.53 Å². The van der Waals surface area contributed by atoms with Crippen molar-refractivity contribution in [3.8, 4) is 0 Å². The standard InChI is InChI=1S/C12H19O2/c1-12(2,3)14-11(13)9-10-7-5-4-6-8-10/h7,9H,4-6,8H2,1-3H3. The molecule has 1 fully saturated rings. The van der Waals surface area contributed by atoms with Gasteiger partial charge in [-0.15, -0.1) is 0 Å². The molecule has 0 N–H and O–H groups in total. The van der Waals surface area contributed by atoms with Crippen molar-refractivity contribution in [2.75, 3.05) is 0 Å². The van der Waals surface area contributed by atoms with Gasteiger partial charge >= 0.3 is 5.97 Å². The molecule has 0 aromatic heterocycles. The summed E-state index contributed by atoms with van der Waals surface area (Å²) in [6.07, 6.45) is 8.29. The van der Waals surface area contributed by atoms with Crippen LogP contribution in [0.5, 0.6) is 0 Å². The van der Waals surface area contributed by atoms with Crippen LogP contribution in [0.2, 0.25) is 0 Å². The van der Waals surface area contributed by atoms with E-state index in [0.717, 1.165) is 18.4 Å². The lowest BCUT2D eigenvalue weighted by atomic mass is 9.95. The molecule has 1 aliphatic rings. The Balaban J connectivity index is 2.45. The minimum Gasteiger partial charge on any atom is -0.457 e. The Morgan fingerprint density at radius 1 is 1.43 bits per heavy atom. The Morgan fingerprint density at radius 2 is 2.14 bits per heavy atom. The molecule has 2 heteroatoms. The number of hydrogen-bond donors (Lipinski definition) is 0. The van der Waals surface area contributed by atoms with Crippen molar-refractivity contribution in [2.45, 2.75) is 52.1 Å². The summed E-state index contributed by atoms with van der Waals surface area (Å²) < 4.78 is 5.21. The van der Waals surface area contributed by atoms with Crippen LogP contribution in [0.25, 0.3) is 0 Å². The zero-order valence-electron chi connectivity index (χ0n) is 9.30. The van der Waals surface area contributed by atoms with Crippen molar-refractivity contribution in [2.24, 2.45) is 0 Å². The summed E-state index contributed by atoms with van der Waals surface area (Å²) in [6.45, 7) is 5.65. The molecule has 0 amide bonds. The molecule has 0 aliphatic heterocycles. The molecule has 0 saturated heterocycles. The van der Waals surface area contributed by atoms with Gasteiger partial charge in [0.2, 0.25) is 0 Å². The van der Waals surface area contributed by atoms with Crippen LogP contribution in [0.4, 0.5) is 0 Å². The topological polar surface area (TPSA) is 26.3 Å². The number of ether oxygens (including phenoxy) is 1. The quantitative estimate of drug-likeness (QED) is 0.475. The van der Waals surface area contributed by atoms with Gasteiger partial charge in [-0.05, 0) is 46.5 Å². The Labute approximate surface area is 86.3 Å². The SMILES string of the molecule is CC(C)(C)OC(=O)C=C1[CH]CCCC1. The highest BCUT2D eigenvalue weighted by Crippen LogP contribution is 2.22. The number of carbonyl (C=O) groups is 1. The molecule has 0 atom stereocenters. The van der Waals surface area contributed by atoms with Gasteiger partial charge in [-0.3, -0.25) is 0 Å². The molecular formula is C12H19O2. The predicted molar refractivity (Wildman–Crippen MR) is 56.7 cm³/mol. The summed E-state index contributed by atoms with van der Waals surface area (Å²) >= 11 is 0. The van der Waals surface area contributed by atoms with Crippen LogP contribution in [-0.2, 0) is 9.53 Å². The largest absolute Gasteiger partial charge is 0.457 e. The zero-order valence-corrected chi connectivity index (χ0v) is 9.30. The van der Waals surface area contributed by atoms with Gasteiger partial charge in [-0.1, -0.05) is 12.0 Å². The van der Waals surface area contributed by atoms with Crippen LogP contribution in [-0.4, -0.2) is 11.6 Å². The maximum absolute atomic E-state index is 11.4. The van der Waals surface area contributed by atoms with Crippen LogP contribution >= 0.6 is 0 Å². The highest BCUT2D eigenvalue weighted by molar-refractivity contribution is 5.83. The fourth-order valence-corrected chi connectivity index (χ4v) is 1.48. The van der Waals surface area contributed by atoms with Crippen LogP contribution in [0.3, 0.4) is 0 Å². The molecule has 1 radical (unpaired) electrons. The van der Waals surface area contributed by atoms with E-state index < -0.39 is 0 Å². The van der Waals surface area contributed by atoms with E-state index in [2.05, 4.69) is 6.42 Å². The first-order valence-corrected chi connectivity index (χ1v) is 5.24. The third-order valence-electron chi connectivity index (χ3n) is 2.04. The minimum absolute atomic E-state index is 0.217. The molecule has 1 aliphatic carbocycles. The second-order valence-electron chi connectivity index (χ2n) is 4.70. The monoisotopic (exact) mass is 195 g/mol. The molecule has 0 heterocycles. The smallest absolute Gasteiger partial charge is 0.331 e. The number of carbonyl (C=O) groups excluding carboxylic acids is 1. The molecular weight excluding hydrogens is 176 g/mol. The average Bonchev–Trinajstić information content (AvgIpc) is 2.02. The summed E-state index contributed by atoms with van der Waals surface area (Å²) in [4.78, 5) is 11.4. The van der Waals surface area contributed by atoms with Gasteiger partial charge in [0.1, 0.15) is 5.60 Å². The Morgan fingerprint density at radius 3 is 2.64 bits per heavy atom. The third kappa shape index (κ3) is 4.45. The normalized spacial score (nSPS) is 20.9. The Hall–Kier alpha value is -0.790. The van der Waals surface area contributed by atoms with E-state index in [4.69, 9.17) is 4.74 Å². The van der Waals surface area contributed by atoms with E-state index in [0.29, 0.717) is 0 Å². The fourth-order valence-electron chi connectivity index (χ4n) is 1.48. The number of hydrogen-bond acceptors (Lipinski definition) is 2. The van der Waals surface area contributed by atoms with Gasteiger partial charge < -0.3 is 4.74 Å². The van der Waals surface area contributed by atoms with E-state index in [1.54, 1.807) is 6.08 Å². The van der Waals surface area contributed by atoms with Crippen LogP contribution in [0.1, 0.15) is 46.5 Å². The first kappa shape index (κ1) is 11.3. The highest BCUT2D eigenvalue weighted by Gasteiger charge is 2.15. The summed E-state index contributed by atoms with van der Waals surface area (Å²) in [5.74, 6) is -0.217. The lowest BCUT2D eigenvalue weighted by Crippen LogP contribution is -2.23. The number of esters is 1. The van der Waals surface area contributed by atoms with E-state index in [1.807, 2.05) is 20.8 Å². The maximum Gasteiger partial charge on any atom is 0.331 e. The fraction of sp³-hybridized carbons (Fsp3) is 0.667. The second kappa shape index (κ2) is 4.63. The molecule has 0 aromatic rings. The summed E-state index contributed by atoms with van der Waals surface area (Å²) in [5, 5.41) is 0. The zero-order chi connectivity index (χ0) is 10.6. The Kier molecular flexibility index (Phi) is 3.73. The van der Waals surface area contributed by atoms with Crippen molar-refractivity contribution >= 4 is 5.97 Å². The molecule has 0 aromatic carbocycles. The van der Waals surface area contributed by atoms with Gasteiger partial charge in [0, 0.05) is 6.08 Å². The molecule has 2 nitrogen and oxygen atoms in total. The lowest BCUT2D eigenvalue weighted by molar-refractivity contribution is -0.148. The summed E-state index contributed by atoms with van der Waals surface area (Å²) in [7, 11) is 0. The molecule has 0 bridgehead atoms. The third-order valence-corrected chi connectivity index (χ3v) is 2.04. The van der Waals surface area contributed by atoms with Gasteiger partial charge in [0.15, 0.2) is 0 Å². The van der Waals surface area contributed by atoms with Crippen molar-refractivity contribution in [1.29, 1.82) is 0 Å². The average molecular weight is 195 g/mol. The van der Waals surface area contributed by atoms with Crippen LogP contribution in [0.15, 0.2) is 11.6 Å². The van der Waals surface area contributed by atoms with E-state index in [-0.39, 0.29) is 11.6 Å². The second-order valence-corrected chi connectivity index (χ2v) is 4.70. The van der Waals surface area contributed by atoms with Gasteiger partial charge in [0.05, 0.1) is 0 Å². The predicted octanol–water partition coefficient (Wildman–Crippen LogP) is 3.03. The molecule has 0 spiro atoms. The first-order chi connectivity index (χ1) is 6.47.